The lowest BCUT2D eigenvalue weighted by Gasteiger charge is -2.38. The second kappa shape index (κ2) is 5.00. The average Bonchev–Trinajstić information content (AvgIpc) is 2.77. The van der Waals surface area contributed by atoms with Crippen molar-refractivity contribution in [1.29, 1.82) is 0 Å². The van der Waals surface area contributed by atoms with Gasteiger partial charge in [0.15, 0.2) is 0 Å². The molecule has 1 N–H and O–H groups in total. The van der Waals surface area contributed by atoms with E-state index in [0.29, 0.717) is 13.2 Å². The van der Waals surface area contributed by atoms with E-state index < -0.39 is 5.60 Å². The quantitative estimate of drug-likeness (QED) is 0.898. The first-order valence-corrected chi connectivity index (χ1v) is 7.38. The molecule has 0 radical (unpaired) electrons. The van der Waals surface area contributed by atoms with Crippen molar-refractivity contribution in [2.45, 2.75) is 51.7 Å². The van der Waals surface area contributed by atoms with Gasteiger partial charge >= 0.3 is 0 Å². The minimum Gasteiger partial charge on any atom is -0.388 e. The van der Waals surface area contributed by atoms with Gasteiger partial charge in [-0.2, -0.15) is 4.37 Å². The van der Waals surface area contributed by atoms with Crippen LogP contribution < -0.4 is 4.90 Å². The fourth-order valence-corrected chi connectivity index (χ4v) is 2.79. The predicted molar refractivity (Wildman–Crippen MR) is 76.9 cm³/mol. The fourth-order valence-electron chi connectivity index (χ4n) is 1.90. The molecule has 2 rings (SSSR count). The minimum atomic E-state index is -0.837. The first-order valence-electron chi connectivity index (χ1n) is 6.61. The fraction of sp³-hybridized carbons (Fsp3) is 0.846. The van der Waals surface area contributed by atoms with E-state index in [1.165, 1.54) is 11.5 Å². The summed E-state index contributed by atoms with van der Waals surface area (Å²) in [6.07, 6.45) is -0.191. The molecule has 1 aliphatic rings. The molecule has 1 aromatic rings. The van der Waals surface area contributed by atoms with Crippen molar-refractivity contribution in [2.75, 3.05) is 24.6 Å². The Balaban J connectivity index is 2.12. The molecule has 1 aliphatic heterocycles. The Bertz CT molecular complexity index is 434. The number of nitrogens with zero attached hydrogens (tertiary/aromatic N) is 3. The van der Waals surface area contributed by atoms with Crippen molar-refractivity contribution in [3.8, 4) is 0 Å². The largest absolute Gasteiger partial charge is 0.388 e. The maximum absolute atomic E-state index is 10.1. The number of hydrogen-bond donors (Lipinski definition) is 1. The molecule has 1 unspecified atom stereocenters. The van der Waals surface area contributed by atoms with Gasteiger partial charge in [-0.1, -0.05) is 20.8 Å². The van der Waals surface area contributed by atoms with Crippen LogP contribution in [-0.4, -0.2) is 45.9 Å². The molecule has 1 aromatic heterocycles. The van der Waals surface area contributed by atoms with Gasteiger partial charge in [-0.25, -0.2) is 4.98 Å². The summed E-state index contributed by atoms with van der Waals surface area (Å²) in [5.74, 6) is 0.874. The highest BCUT2D eigenvalue weighted by Gasteiger charge is 2.34. The third-order valence-corrected chi connectivity index (χ3v) is 3.99. The van der Waals surface area contributed by atoms with Gasteiger partial charge < -0.3 is 14.7 Å². The van der Waals surface area contributed by atoms with Gasteiger partial charge in [0, 0.05) is 30.0 Å². The zero-order chi connectivity index (χ0) is 14.3. The van der Waals surface area contributed by atoms with Crippen LogP contribution >= 0.6 is 11.5 Å². The van der Waals surface area contributed by atoms with E-state index >= 15 is 0 Å². The molecule has 1 fully saturated rings. The second-order valence-electron chi connectivity index (χ2n) is 6.61. The second-order valence-corrected chi connectivity index (χ2v) is 7.34. The monoisotopic (exact) mass is 285 g/mol. The lowest BCUT2D eigenvalue weighted by molar-refractivity contribution is -0.0928. The van der Waals surface area contributed by atoms with Gasteiger partial charge in [-0.3, -0.25) is 0 Å². The smallest absolute Gasteiger partial charge is 0.205 e. The molecule has 0 saturated carbocycles. The summed E-state index contributed by atoms with van der Waals surface area (Å²) in [4.78, 5) is 6.77. The highest BCUT2D eigenvalue weighted by atomic mass is 32.1. The Labute approximate surface area is 118 Å². The van der Waals surface area contributed by atoms with Gasteiger partial charge in [0.25, 0.3) is 0 Å². The molecule has 19 heavy (non-hydrogen) atoms. The molecular formula is C13H23N3O2S. The Morgan fingerprint density at radius 1 is 1.32 bits per heavy atom. The van der Waals surface area contributed by atoms with Crippen molar-refractivity contribution < 1.29 is 9.84 Å². The number of hydrogen-bond acceptors (Lipinski definition) is 6. The molecule has 1 saturated heterocycles. The Morgan fingerprint density at radius 3 is 2.53 bits per heavy atom. The highest BCUT2D eigenvalue weighted by Crippen LogP contribution is 2.27. The standard InChI is InChI=1S/C13H23N3O2S/c1-12(2,3)10-14-11(19-15-10)16-6-7-18-9(8-16)13(4,5)17/h9,17H,6-8H2,1-5H3. The summed E-state index contributed by atoms with van der Waals surface area (Å²) in [7, 11) is 0. The van der Waals surface area contributed by atoms with E-state index in [-0.39, 0.29) is 11.5 Å². The number of anilines is 1. The average molecular weight is 285 g/mol. The summed E-state index contributed by atoms with van der Waals surface area (Å²) >= 11 is 1.42. The lowest BCUT2D eigenvalue weighted by atomic mass is 9.96. The molecule has 0 amide bonds. The molecule has 2 heterocycles. The summed E-state index contributed by atoms with van der Waals surface area (Å²) < 4.78 is 10.1. The Kier molecular flexibility index (Phi) is 3.86. The SMILES string of the molecule is CC(C)(C)c1nsc(N2CCOC(C(C)(C)O)C2)n1. The van der Waals surface area contributed by atoms with E-state index in [9.17, 15) is 5.11 Å². The van der Waals surface area contributed by atoms with Crippen LogP contribution in [0.5, 0.6) is 0 Å². The molecule has 5 nitrogen and oxygen atoms in total. The molecule has 1 atom stereocenters. The maximum Gasteiger partial charge on any atom is 0.205 e. The normalized spacial score (nSPS) is 21.8. The number of ether oxygens (including phenoxy) is 1. The van der Waals surface area contributed by atoms with Crippen LogP contribution in [0, 0.1) is 0 Å². The van der Waals surface area contributed by atoms with E-state index in [1.54, 1.807) is 13.8 Å². The third-order valence-electron chi connectivity index (χ3n) is 3.21. The lowest BCUT2D eigenvalue weighted by Crippen LogP contribution is -2.52. The third kappa shape index (κ3) is 3.43. The first kappa shape index (κ1) is 14.7. The van der Waals surface area contributed by atoms with Crippen LogP contribution in [0.1, 0.15) is 40.4 Å². The molecule has 0 aliphatic carbocycles. The number of aliphatic hydroxyl groups is 1. The minimum absolute atomic E-state index is 0.0311. The van der Waals surface area contributed by atoms with Gasteiger partial charge in [0.2, 0.25) is 5.13 Å². The van der Waals surface area contributed by atoms with Gasteiger partial charge in [-0.05, 0) is 13.8 Å². The maximum atomic E-state index is 10.1. The zero-order valence-corrected chi connectivity index (χ0v) is 13.1. The molecular weight excluding hydrogens is 262 g/mol. The van der Waals surface area contributed by atoms with Gasteiger partial charge in [-0.15, -0.1) is 0 Å². The van der Waals surface area contributed by atoms with Crippen LogP contribution in [0.4, 0.5) is 5.13 Å². The van der Waals surface area contributed by atoms with Crippen LogP contribution in [0.25, 0.3) is 0 Å². The summed E-state index contributed by atoms with van der Waals surface area (Å²) in [6.45, 7) is 11.9. The van der Waals surface area contributed by atoms with Crippen LogP contribution in [-0.2, 0) is 10.2 Å². The highest BCUT2D eigenvalue weighted by molar-refractivity contribution is 7.09. The first-order chi connectivity index (χ1) is 8.68. The summed E-state index contributed by atoms with van der Waals surface area (Å²) in [5.41, 5.74) is -0.868. The van der Waals surface area contributed by atoms with Crippen LogP contribution in [0.15, 0.2) is 0 Å². The van der Waals surface area contributed by atoms with Crippen LogP contribution in [0.3, 0.4) is 0 Å². The molecule has 0 spiro atoms. The summed E-state index contributed by atoms with van der Waals surface area (Å²) in [5, 5.41) is 11.0. The number of rotatable bonds is 2. The van der Waals surface area contributed by atoms with E-state index in [0.717, 1.165) is 17.5 Å². The molecule has 108 valence electrons. The summed E-state index contributed by atoms with van der Waals surface area (Å²) in [6, 6.07) is 0. The van der Waals surface area contributed by atoms with E-state index in [4.69, 9.17) is 4.74 Å². The van der Waals surface area contributed by atoms with Crippen molar-refractivity contribution in [2.24, 2.45) is 0 Å². The molecule has 0 bridgehead atoms. The zero-order valence-electron chi connectivity index (χ0n) is 12.3. The van der Waals surface area contributed by atoms with Crippen molar-refractivity contribution in [1.82, 2.24) is 9.36 Å². The molecule has 0 aromatic carbocycles. The Hall–Kier alpha value is -0.720. The molecule has 6 heteroatoms. The Morgan fingerprint density at radius 2 is 2.00 bits per heavy atom. The number of aromatic nitrogens is 2. The topological polar surface area (TPSA) is 58.5 Å². The van der Waals surface area contributed by atoms with E-state index in [1.807, 2.05) is 0 Å². The van der Waals surface area contributed by atoms with E-state index in [2.05, 4.69) is 35.0 Å². The van der Waals surface area contributed by atoms with Crippen molar-refractivity contribution in [3.63, 3.8) is 0 Å². The van der Waals surface area contributed by atoms with Crippen molar-refractivity contribution in [3.05, 3.63) is 5.82 Å². The number of morpholine rings is 1. The van der Waals surface area contributed by atoms with Gasteiger partial charge in [0.1, 0.15) is 11.9 Å². The van der Waals surface area contributed by atoms with Crippen LogP contribution in [0.2, 0.25) is 0 Å². The van der Waals surface area contributed by atoms with Crippen molar-refractivity contribution >= 4 is 16.7 Å². The predicted octanol–water partition coefficient (Wildman–Crippen LogP) is 1.81. The van der Waals surface area contributed by atoms with Gasteiger partial charge in [0.05, 0.1) is 12.2 Å².